The minimum Gasteiger partial charge on any atom is -0.491 e. The smallest absolute Gasteiger partial charge is 0.148 e. The number of aromatic nitrogens is 2. The van der Waals surface area contributed by atoms with Crippen LogP contribution in [0.5, 0.6) is 5.75 Å². The van der Waals surface area contributed by atoms with Gasteiger partial charge < -0.3 is 4.74 Å². The van der Waals surface area contributed by atoms with Crippen LogP contribution in [0.2, 0.25) is 0 Å². The number of nitrogens with zero attached hydrogens (tertiary/aromatic N) is 2. The summed E-state index contributed by atoms with van der Waals surface area (Å²) < 4.78 is 6.79. The standard InChI is InChI=1S/C14H17BrN2O/c1-3-4-10(2)9-18-13-5-6-16-12-7-11(15)8-17-14(12)13/h5-8,10H,3-4,9H2,1-2H3. The average Bonchev–Trinajstić information content (AvgIpc) is 2.36. The van der Waals surface area contributed by atoms with Crippen molar-refractivity contribution < 1.29 is 4.74 Å². The van der Waals surface area contributed by atoms with E-state index in [2.05, 4.69) is 39.7 Å². The normalized spacial score (nSPS) is 12.6. The van der Waals surface area contributed by atoms with Crippen LogP contribution >= 0.6 is 15.9 Å². The average molecular weight is 309 g/mol. The Morgan fingerprint density at radius 1 is 1.39 bits per heavy atom. The molecule has 0 aromatic carbocycles. The second-order valence-electron chi connectivity index (χ2n) is 4.54. The summed E-state index contributed by atoms with van der Waals surface area (Å²) in [7, 11) is 0. The number of hydrogen-bond acceptors (Lipinski definition) is 3. The van der Waals surface area contributed by atoms with Crippen molar-refractivity contribution in [2.24, 2.45) is 5.92 Å². The van der Waals surface area contributed by atoms with Crippen molar-refractivity contribution in [1.29, 1.82) is 0 Å². The Bertz CT molecular complexity index is 530. The van der Waals surface area contributed by atoms with Gasteiger partial charge >= 0.3 is 0 Å². The molecule has 2 heterocycles. The van der Waals surface area contributed by atoms with E-state index in [9.17, 15) is 0 Å². The zero-order valence-corrected chi connectivity index (χ0v) is 12.3. The Morgan fingerprint density at radius 3 is 3.00 bits per heavy atom. The predicted octanol–water partition coefficient (Wildman–Crippen LogP) is 4.21. The highest BCUT2D eigenvalue weighted by Crippen LogP contribution is 2.24. The molecule has 18 heavy (non-hydrogen) atoms. The summed E-state index contributed by atoms with van der Waals surface area (Å²) in [6.45, 7) is 5.12. The van der Waals surface area contributed by atoms with E-state index in [1.807, 2.05) is 12.1 Å². The number of halogens is 1. The zero-order valence-electron chi connectivity index (χ0n) is 10.7. The molecule has 3 nitrogen and oxygen atoms in total. The third-order valence-electron chi connectivity index (χ3n) is 2.81. The van der Waals surface area contributed by atoms with Crippen molar-refractivity contribution in [3.8, 4) is 5.75 Å². The Labute approximate surface area is 116 Å². The molecule has 0 saturated heterocycles. The molecule has 0 fully saturated rings. The quantitative estimate of drug-likeness (QED) is 0.830. The first-order valence-electron chi connectivity index (χ1n) is 6.23. The highest BCUT2D eigenvalue weighted by atomic mass is 79.9. The van der Waals surface area contributed by atoms with Crippen LogP contribution in [0.3, 0.4) is 0 Å². The fraction of sp³-hybridized carbons (Fsp3) is 0.429. The number of hydrogen-bond donors (Lipinski definition) is 0. The minimum atomic E-state index is 0.564. The highest BCUT2D eigenvalue weighted by Gasteiger charge is 2.07. The molecule has 96 valence electrons. The van der Waals surface area contributed by atoms with Gasteiger partial charge in [-0.1, -0.05) is 20.3 Å². The van der Waals surface area contributed by atoms with Crippen LogP contribution in [-0.2, 0) is 0 Å². The van der Waals surface area contributed by atoms with E-state index in [1.165, 1.54) is 12.8 Å². The van der Waals surface area contributed by atoms with Gasteiger partial charge in [0.2, 0.25) is 0 Å². The maximum absolute atomic E-state index is 5.86. The summed E-state index contributed by atoms with van der Waals surface area (Å²) >= 11 is 3.40. The first-order chi connectivity index (χ1) is 8.70. The van der Waals surface area contributed by atoms with E-state index in [-0.39, 0.29) is 0 Å². The van der Waals surface area contributed by atoms with Crippen LogP contribution in [0.15, 0.2) is 29.0 Å². The van der Waals surface area contributed by atoms with Crippen LogP contribution in [-0.4, -0.2) is 16.6 Å². The molecule has 1 unspecified atom stereocenters. The van der Waals surface area contributed by atoms with Gasteiger partial charge in [0.1, 0.15) is 11.3 Å². The fourth-order valence-corrected chi connectivity index (χ4v) is 2.22. The Balaban J connectivity index is 2.18. The zero-order chi connectivity index (χ0) is 13.0. The molecule has 4 heteroatoms. The lowest BCUT2D eigenvalue weighted by Crippen LogP contribution is -2.08. The summed E-state index contributed by atoms with van der Waals surface area (Å²) in [5, 5.41) is 0. The van der Waals surface area contributed by atoms with Crippen molar-refractivity contribution in [1.82, 2.24) is 9.97 Å². The van der Waals surface area contributed by atoms with Crippen molar-refractivity contribution in [3.63, 3.8) is 0 Å². The van der Waals surface area contributed by atoms with Crippen LogP contribution < -0.4 is 4.74 Å². The summed E-state index contributed by atoms with van der Waals surface area (Å²) in [4.78, 5) is 8.66. The summed E-state index contributed by atoms with van der Waals surface area (Å²) in [5.74, 6) is 1.38. The maximum Gasteiger partial charge on any atom is 0.148 e. The molecule has 0 spiro atoms. The Morgan fingerprint density at radius 2 is 2.22 bits per heavy atom. The van der Waals surface area contributed by atoms with Crippen LogP contribution in [0.1, 0.15) is 26.7 Å². The molecular formula is C14H17BrN2O. The highest BCUT2D eigenvalue weighted by molar-refractivity contribution is 9.10. The monoisotopic (exact) mass is 308 g/mol. The van der Waals surface area contributed by atoms with Crippen molar-refractivity contribution in [2.45, 2.75) is 26.7 Å². The van der Waals surface area contributed by atoms with Gasteiger partial charge in [-0.25, -0.2) is 4.98 Å². The van der Waals surface area contributed by atoms with Gasteiger partial charge in [-0.15, -0.1) is 0 Å². The lowest BCUT2D eigenvalue weighted by atomic mass is 10.1. The van der Waals surface area contributed by atoms with Gasteiger partial charge in [0.05, 0.1) is 12.1 Å². The molecule has 0 bridgehead atoms. The number of rotatable bonds is 5. The topological polar surface area (TPSA) is 35.0 Å². The lowest BCUT2D eigenvalue weighted by molar-refractivity contribution is 0.253. The number of fused-ring (bicyclic) bond motifs is 1. The van der Waals surface area contributed by atoms with E-state index < -0.39 is 0 Å². The SMILES string of the molecule is CCCC(C)COc1ccnc2cc(Br)cnc12. The maximum atomic E-state index is 5.86. The van der Waals surface area contributed by atoms with Gasteiger partial charge in [-0.3, -0.25) is 4.98 Å². The Hall–Kier alpha value is -1.16. The van der Waals surface area contributed by atoms with E-state index in [0.29, 0.717) is 5.92 Å². The molecule has 2 aromatic rings. The van der Waals surface area contributed by atoms with Gasteiger partial charge in [0.15, 0.2) is 0 Å². The number of pyridine rings is 2. The second-order valence-corrected chi connectivity index (χ2v) is 5.45. The molecule has 2 aromatic heterocycles. The van der Waals surface area contributed by atoms with E-state index in [4.69, 9.17) is 4.74 Å². The molecular weight excluding hydrogens is 292 g/mol. The van der Waals surface area contributed by atoms with Crippen molar-refractivity contribution in [2.75, 3.05) is 6.61 Å². The van der Waals surface area contributed by atoms with Gasteiger partial charge in [0.25, 0.3) is 0 Å². The van der Waals surface area contributed by atoms with Gasteiger partial charge in [-0.2, -0.15) is 0 Å². The summed E-state index contributed by atoms with van der Waals surface area (Å²) in [6, 6.07) is 3.83. The molecule has 2 rings (SSSR count). The molecule has 0 aliphatic heterocycles. The summed E-state index contributed by atoms with van der Waals surface area (Å²) in [5.41, 5.74) is 1.68. The first-order valence-corrected chi connectivity index (χ1v) is 7.03. The largest absolute Gasteiger partial charge is 0.491 e. The molecule has 0 aliphatic rings. The second kappa shape index (κ2) is 6.14. The van der Waals surface area contributed by atoms with Gasteiger partial charge in [-0.05, 0) is 34.3 Å². The van der Waals surface area contributed by atoms with E-state index in [1.54, 1.807) is 12.4 Å². The van der Waals surface area contributed by atoms with Crippen molar-refractivity contribution >= 4 is 27.0 Å². The molecule has 0 aliphatic carbocycles. The van der Waals surface area contributed by atoms with Crippen molar-refractivity contribution in [3.05, 3.63) is 29.0 Å². The van der Waals surface area contributed by atoms with E-state index >= 15 is 0 Å². The Kier molecular flexibility index (Phi) is 4.53. The van der Waals surface area contributed by atoms with Crippen LogP contribution in [0.25, 0.3) is 11.0 Å². The van der Waals surface area contributed by atoms with Crippen LogP contribution in [0, 0.1) is 5.92 Å². The van der Waals surface area contributed by atoms with Crippen LogP contribution in [0.4, 0.5) is 0 Å². The molecule has 0 N–H and O–H groups in total. The lowest BCUT2D eigenvalue weighted by Gasteiger charge is -2.13. The predicted molar refractivity (Wildman–Crippen MR) is 76.8 cm³/mol. The third kappa shape index (κ3) is 3.19. The first kappa shape index (κ1) is 13.3. The number of ether oxygens (including phenoxy) is 1. The third-order valence-corrected chi connectivity index (χ3v) is 3.25. The molecule has 1 atom stereocenters. The summed E-state index contributed by atoms with van der Waals surface area (Å²) in [6.07, 6.45) is 5.90. The minimum absolute atomic E-state index is 0.564. The molecule has 0 radical (unpaired) electrons. The molecule has 0 saturated carbocycles. The molecule has 0 amide bonds. The van der Waals surface area contributed by atoms with E-state index in [0.717, 1.165) is 27.9 Å². The fourth-order valence-electron chi connectivity index (χ4n) is 1.91. The van der Waals surface area contributed by atoms with Gasteiger partial charge in [0, 0.05) is 22.9 Å².